The zero-order valence-corrected chi connectivity index (χ0v) is 22.8. The number of hydrogen-bond acceptors (Lipinski definition) is 7. The second-order valence-electron chi connectivity index (χ2n) is 9.66. The second-order valence-corrected chi connectivity index (χ2v) is 9.66. The molecular weight excluding hydrogens is 510 g/mol. The molecule has 1 saturated heterocycles. The summed E-state index contributed by atoms with van der Waals surface area (Å²) in [4.78, 5) is 26.7. The van der Waals surface area contributed by atoms with Crippen molar-refractivity contribution in [2.24, 2.45) is 0 Å². The number of nitrogens with one attached hydrogen (secondary N) is 2. The topological polar surface area (TPSA) is 104 Å². The van der Waals surface area contributed by atoms with Crippen LogP contribution in [-0.4, -0.2) is 49.6 Å². The minimum atomic E-state index is -0.985. The molecule has 0 radical (unpaired) electrons. The molecule has 1 aliphatic heterocycles. The number of rotatable bonds is 9. The molecule has 2 heterocycles. The van der Waals surface area contributed by atoms with Gasteiger partial charge in [-0.05, 0) is 47.9 Å². The number of methoxy groups -OCH3 is 2. The molecule has 0 saturated carbocycles. The van der Waals surface area contributed by atoms with Crippen molar-refractivity contribution in [2.75, 3.05) is 33.9 Å². The molecule has 0 amide bonds. The first-order valence-corrected chi connectivity index (χ1v) is 13.1. The Balaban J connectivity index is 1.52. The quantitative estimate of drug-likeness (QED) is 0.312. The predicted molar refractivity (Wildman–Crippen MR) is 151 cm³/mol. The van der Waals surface area contributed by atoms with Crippen LogP contribution in [0.15, 0.2) is 94.6 Å². The molecular formula is C31H33N3O6. The Morgan fingerprint density at radius 2 is 1.43 bits per heavy atom. The van der Waals surface area contributed by atoms with E-state index >= 15 is 0 Å². The lowest BCUT2D eigenvalue weighted by atomic mass is 9.80. The van der Waals surface area contributed by atoms with Gasteiger partial charge in [-0.1, -0.05) is 54.6 Å². The average molecular weight is 544 g/mol. The van der Waals surface area contributed by atoms with Crippen molar-refractivity contribution in [1.29, 1.82) is 0 Å². The van der Waals surface area contributed by atoms with Crippen molar-refractivity contribution >= 4 is 0 Å². The normalized spacial score (nSPS) is 17.4. The number of hydrogen-bond donors (Lipinski definition) is 2. The van der Waals surface area contributed by atoms with E-state index in [0.717, 1.165) is 28.2 Å². The highest BCUT2D eigenvalue weighted by atomic mass is 16.6. The van der Waals surface area contributed by atoms with Crippen LogP contribution in [-0.2, 0) is 15.1 Å². The number of nitrogens with zero attached hydrogens (tertiary/aromatic N) is 1. The molecule has 1 aliphatic rings. The van der Waals surface area contributed by atoms with Gasteiger partial charge in [-0.25, -0.2) is 4.79 Å². The summed E-state index contributed by atoms with van der Waals surface area (Å²) < 4.78 is 25.5. The molecule has 2 N–H and O–H groups in total. The van der Waals surface area contributed by atoms with E-state index in [0.29, 0.717) is 18.7 Å². The number of morpholine rings is 1. The van der Waals surface area contributed by atoms with Gasteiger partial charge in [0, 0.05) is 24.8 Å². The molecule has 5 rings (SSSR count). The molecule has 40 heavy (non-hydrogen) atoms. The zero-order chi connectivity index (χ0) is 28.1. The van der Waals surface area contributed by atoms with Crippen molar-refractivity contribution in [2.45, 2.75) is 24.9 Å². The van der Waals surface area contributed by atoms with Crippen molar-refractivity contribution in [1.82, 2.24) is 14.9 Å². The molecule has 9 nitrogen and oxygen atoms in total. The van der Waals surface area contributed by atoms with Crippen molar-refractivity contribution in [3.05, 3.63) is 128 Å². The minimum Gasteiger partial charge on any atom is -0.497 e. The highest BCUT2D eigenvalue weighted by molar-refractivity contribution is 5.49. The van der Waals surface area contributed by atoms with Gasteiger partial charge in [0.2, 0.25) is 0 Å². The molecule has 0 aliphatic carbocycles. The highest BCUT2D eigenvalue weighted by Crippen LogP contribution is 2.42. The van der Waals surface area contributed by atoms with Crippen LogP contribution < -0.4 is 26.0 Å². The number of aromatic amines is 1. The largest absolute Gasteiger partial charge is 0.497 e. The summed E-state index contributed by atoms with van der Waals surface area (Å²) in [6.45, 7) is 2.82. The molecule has 208 valence electrons. The van der Waals surface area contributed by atoms with E-state index in [1.807, 2.05) is 78.9 Å². The van der Waals surface area contributed by atoms with Gasteiger partial charge in [0.05, 0.1) is 26.9 Å². The Bertz CT molecular complexity index is 1480. The summed E-state index contributed by atoms with van der Waals surface area (Å²) in [6, 6.07) is 25.7. The van der Waals surface area contributed by atoms with Crippen LogP contribution in [0.4, 0.5) is 0 Å². The third-order valence-electron chi connectivity index (χ3n) is 7.16. The van der Waals surface area contributed by atoms with Crippen LogP contribution in [0.25, 0.3) is 0 Å². The lowest BCUT2D eigenvalue weighted by Crippen LogP contribution is -2.49. The summed E-state index contributed by atoms with van der Waals surface area (Å²) in [7, 11) is 3.27. The molecule has 0 bridgehead atoms. The van der Waals surface area contributed by atoms with Crippen molar-refractivity contribution < 1.29 is 18.9 Å². The van der Waals surface area contributed by atoms with Crippen LogP contribution in [0.3, 0.4) is 0 Å². The first kappa shape index (κ1) is 27.4. The maximum Gasteiger partial charge on any atom is 0.330 e. The minimum absolute atomic E-state index is 0.216. The Morgan fingerprint density at radius 1 is 0.850 bits per heavy atom. The molecule has 3 aromatic carbocycles. The third kappa shape index (κ3) is 5.44. The number of H-pyrrole nitrogens is 1. The van der Waals surface area contributed by atoms with Crippen molar-refractivity contribution in [3.8, 4) is 11.5 Å². The Kier molecular flexibility index (Phi) is 8.16. The average Bonchev–Trinajstić information content (AvgIpc) is 3.00. The van der Waals surface area contributed by atoms with Gasteiger partial charge < -0.3 is 24.3 Å². The summed E-state index contributed by atoms with van der Waals surface area (Å²) in [5.41, 5.74) is 1.30. The summed E-state index contributed by atoms with van der Waals surface area (Å²) in [6.07, 6.45) is 0.552. The van der Waals surface area contributed by atoms with Crippen LogP contribution in [0, 0.1) is 6.92 Å². The van der Waals surface area contributed by atoms with Crippen LogP contribution in [0.2, 0.25) is 0 Å². The van der Waals surface area contributed by atoms with Gasteiger partial charge in [0.1, 0.15) is 17.1 Å². The van der Waals surface area contributed by atoms with Crippen LogP contribution in [0.1, 0.15) is 28.5 Å². The van der Waals surface area contributed by atoms with Gasteiger partial charge in [0.15, 0.2) is 6.23 Å². The smallest absolute Gasteiger partial charge is 0.330 e. The monoisotopic (exact) mass is 543 g/mol. The van der Waals surface area contributed by atoms with Gasteiger partial charge >= 0.3 is 5.69 Å². The summed E-state index contributed by atoms with van der Waals surface area (Å²) in [5.74, 6) is 1.48. The number of aromatic nitrogens is 2. The number of benzene rings is 3. The van der Waals surface area contributed by atoms with E-state index in [4.69, 9.17) is 18.9 Å². The van der Waals surface area contributed by atoms with Gasteiger partial charge in [-0.3, -0.25) is 14.3 Å². The van der Waals surface area contributed by atoms with Gasteiger partial charge in [-0.2, -0.15) is 0 Å². The first-order valence-electron chi connectivity index (χ1n) is 13.1. The lowest BCUT2D eigenvalue weighted by molar-refractivity contribution is -0.127. The Morgan fingerprint density at radius 3 is 2.00 bits per heavy atom. The van der Waals surface area contributed by atoms with E-state index in [1.54, 1.807) is 21.1 Å². The summed E-state index contributed by atoms with van der Waals surface area (Å²) >= 11 is 0. The second kappa shape index (κ2) is 11.9. The number of ether oxygens (including phenoxy) is 4. The lowest BCUT2D eigenvalue weighted by Gasteiger charge is -2.39. The van der Waals surface area contributed by atoms with Gasteiger partial charge in [0.25, 0.3) is 5.56 Å². The first-order chi connectivity index (χ1) is 19.4. The van der Waals surface area contributed by atoms with Gasteiger partial charge in [-0.15, -0.1) is 0 Å². The number of aryl methyl sites for hydroxylation is 1. The van der Waals surface area contributed by atoms with E-state index in [-0.39, 0.29) is 12.7 Å². The fraction of sp³-hybridized carbons (Fsp3) is 0.290. The maximum atomic E-state index is 12.5. The van der Waals surface area contributed by atoms with Crippen LogP contribution >= 0.6 is 0 Å². The fourth-order valence-electron chi connectivity index (χ4n) is 5.04. The standard InChI is InChI=1S/C31H33N3O6/c1-21-19-34(30(36)33-29(21)35)28-18-32-17-27(40-28)20-39-31(22-7-5-4-6-8-22,23-9-13-25(37-2)14-10-23)24-11-15-26(38-3)16-12-24/h4-16,19,27-28,32H,17-18,20H2,1-3H3,(H,33,35,36)/t27-,28+/m0/s1. The van der Waals surface area contributed by atoms with E-state index in [9.17, 15) is 9.59 Å². The zero-order valence-electron chi connectivity index (χ0n) is 22.8. The Hall–Kier alpha value is -4.18. The molecule has 0 spiro atoms. The van der Waals surface area contributed by atoms with E-state index in [1.165, 1.54) is 10.8 Å². The summed E-state index contributed by atoms with van der Waals surface area (Å²) in [5, 5.41) is 3.34. The SMILES string of the molecule is COc1ccc(C(OC[C@@H]2CNC[C@H](n3cc(C)c(=O)[nH]c3=O)O2)(c2ccccc2)c2ccc(OC)cc2)cc1. The fourth-order valence-corrected chi connectivity index (χ4v) is 5.04. The molecule has 0 unspecified atom stereocenters. The van der Waals surface area contributed by atoms with Crippen molar-refractivity contribution in [3.63, 3.8) is 0 Å². The highest BCUT2D eigenvalue weighted by Gasteiger charge is 2.39. The molecule has 1 aromatic heterocycles. The van der Waals surface area contributed by atoms with E-state index in [2.05, 4.69) is 10.3 Å². The molecule has 4 aromatic rings. The van der Waals surface area contributed by atoms with E-state index < -0.39 is 23.1 Å². The molecule has 1 fully saturated rings. The Labute approximate surface area is 232 Å². The molecule has 2 atom stereocenters. The predicted octanol–water partition coefficient (Wildman–Crippen LogP) is 3.36. The molecule has 9 heteroatoms. The maximum absolute atomic E-state index is 12.5. The third-order valence-corrected chi connectivity index (χ3v) is 7.16. The van der Waals surface area contributed by atoms with Crippen LogP contribution in [0.5, 0.6) is 11.5 Å².